The summed E-state index contributed by atoms with van der Waals surface area (Å²) in [5.74, 6) is -4.02. The number of methoxy groups -OCH3 is 2. The van der Waals surface area contributed by atoms with Crippen LogP contribution in [0.5, 0.6) is 0 Å². The third-order valence-corrected chi connectivity index (χ3v) is 8.31. The molecule has 356 valence electrons. The number of nitrogens with one attached hydrogen (secondary N) is 1. The van der Waals surface area contributed by atoms with E-state index in [2.05, 4.69) is 10.3 Å². The molecule has 0 spiro atoms. The Morgan fingerprint density at radius 2 is 0.812 bits per heavy atom. The number of hydrogen-bond acceptors (Lipinski definition) is 17. The number of amides is 1. The van der Waals surface area contributed by atoms with E-state index in [4.69, 9.17) is 28.4 Å². The van der Waals surface area contributed by atoms with Gasteiger partial charge in [-0.2, -0.15) is 0 Å². The molecule has 0 aliphatic rings. The van der Waals surface area contributed by atoms with Crippen LogP contribution in [-0.4, -0.2) is 157 Å². The maximum atomic E-state index is 13.6. The number of esters is 6. The molecule has 0 atom stereocenters. The van der Waals surface area contributed by atoms with Crippen LogP contribution in [0.2, 0.25) is 0 Å². The fourth-order valence-electron chi connectivity index (χ4n) is 5.88. The Labute approximate surface area is 377 Å². The summed E-state index contributed by atoms with van der Waals surface area (Å²) in [7, 11) is 2.41. The second-order valence-electron chi connectivity index (χ2n) is 19.1. The molecular formula is C46H69N5O13. The third-order valence-electron chi connectivity index (χ3n) is 8.31. The van der Waals surface area contributed by atoms with Gasteiger partial charge in [-0.25, -0.2) is 14.6 Å². The number of carbonyl (C=O) groups is 7. The van der Waals surface area contributed by atoms with Gasteiger partial charge in [-0.1, -0.05) is 24.3 Å². The van der Waals surface area contributed by atoms with E-state index >= 15 is 0 Å². The van der Waals surface area contributed by atoms with Crippen molar-refractivity contribution in [3.8, 4) is 11.1 Å². The molecule has 1 amide bonds. The van der Waals surface area contributed by atoms with E-state index in [-0.39, 0.29) is 82.7 Å². The van der Waals surface area contributed by atoms with Gasteiger partial charge in [0.25, 0.3) is 0 Å². The van der Waals surface area contributed by atoms with E-state index < -0.39 is 58.2 Å². The van der Waals surface area contributed by atoms with Gasteiger partial charge in [0.05, 0.1) is 46.9 Å². The van der Waals surface area contributed by atoms with Crippen LogP contribution in [0.4, 0.5) is 0 Å². The van der Waals surface area contributed by atoms with Gasteiger partial charge in [-0.05, 0) is 112 Å². The van der Waals surface area contributed by atoms with Gasteiger partial charge in [0.1, 0.15) is 33.8 Å². The minimum Gasteiger partial charge on any atom is -0.464 e. The molecule has 18 heteroatoms. The molecule has 18 nitrogen and oxygen atoms in total. The van der Waals surface area contributed by atoms with E-state index in [9.17, 15) is 33.6 Å². The van der Waals surface area contributed by atoms with Crippen molar-refractivity contribution in [2.24, 2.45) is 0 Å². The molecule has 0 aliphatic heterocycles. The van der Waals surface area contributed by atoms with Crippen molar-refractivity contribution in [2.75, 3.05) is 73.1 Å². The zero-order valence-electron chi connectivity index (χ0n) is 40.1. The fraction of sp³-hybridized carbons (Fsp3) is 0.609. The summed E-state index contributed by atoms with van der Waals surface area (Å²) in [6.45, 7) is 20.6. The van der Waals surface area contributed by atoms with Gasteiger partial charge < -0.3 is 33.7 Å². The van der Waals surface area contributed by atoms with Crippen molar-refractivity contribution in [1.82, 2.24) is 25.0 Å². The third kappa shape index (κ3) is 22.8. The molecular weight excluding hydrogens is 831 g/mol. The van der Waals surface area contributed by atoms with Crippen LogP contribution in [0, 0.1) is 0 Å². The second-order valence-corrected chi connectivity index (χ2v) is 19.1. The van der Waals surface area contributed by atoms with E-state index in [0.29, 0.717) is 11.1 Å². The predicted molar refractivity (Wildman–Crippen MR) is 237 cm³/mol. The number of aromatic nitrogens is 1. The van der Waals surface area contributed by atoms with Crippen LogP contribution in [0.1, 0.15) is 110 Å². The van der Waals surface area contributed by atoms with Crippen LogP contribution in [0.3, 0.4) is 0 Å². The zero-order chi connectivity index (χ0) is 48.6. The lowest BCUT2D eigenvalue weighted by Gasteiger charge is -2.30. The highest BCUT2D eigenvalue weighted by Crippen LogP contribution is 2.23. The lowest BCUT2D eigenvalue weighted by molar-refractivity contribution is -0.162. The van der Waals surface area contributed by atoms with E-state index in [1.807, 2.05) is 0 Å². The number of hydrogen-bond donors (Lipinski definition) is 1. The molecule has 1 aromatic heterocycles. The van der Waals surface area contributed by atoms with E-state index in [0.717, 1.165) is 5.56 Å². The normalized spacial score (nSPS) is 12.1. The van der Waals surface area contributed by atoms with Gasteiger partial charge >= 0.3 is 35.8 Å². The van der Waals surface area contributed by atoms with Crippen LogP contribution in [0.25, 0.3) is 11.1 Å². The topological polar surface area (TPSA) is 210 Å². The van der Waals surface area contributed by atoms with Crippen molar-refractivity contribution in [3.63, 3.8) is 0 Å². The monoisotopic (exact) mass is 899 g/mol. The van der Waals surface area contributed by atoms with Crippen molar-refractivity contribution < 1.29 is 62.0 Å². The van der Waals surface area contributed by atoms with Crippen molar-refractivity contribution in [2.45, 2.75) is 112 Å². The highest BCUT2D eigenvalue weighted by atomic mass is 16.6. The lowest BCUT2D eigenvalue weighted by atomic mass is 10.0. The van der Waals surface area contributed by atoms with Gasteiger partial charge in [0, 0.05) is 32.7 Å². The van der Waals surface area contributed by atoms with Gasteiger partial charge in [-0.15, -0.1) is 0 Å². The summed E-state index contributed by atoms with van der Waals surface area (Å²) in [5, 5.41) is 2.92. The first-order valence-corrected chi connectivity index (χ1v) is 21.0. The Kier molecular flexibility index (Phi) is 20.5. The van der Waals surface area contributed by atoms with Crippen molar-refractivity contribution in [1.29, 1.82) is 0 Å². The standard InChI is InChI=1S/C46H69N5O13/c1-43(2,3)61-37(53)27-50(28-38(54)62-44(4,5)6)21-19-49(20-22-51(29-39(55)63-45(7,8)9)30-40(56)64-46(10,11)12)26-36(52)47-25-31-15-17-32(18-16-31)33-23-34(41(57)59-13)48-35(24-33)42(58)60-14/h15-18,23-24H,19-22,25-30H2,1-14H3,(H,47,52). The van der Waals surface area contributed by atoms with Crippen LogP contribution in [-0.2, 0) is 58.9 Å². The molecule has 0 saturated heterocycles. The first-order valence-electron chi connectivity index (χ1n) is 21.0. The smallest absolute Gasteiger partial charge is 0.356 e. The minimum absolute atomic E-state index is 0.0723. The number of nitrogens with zero attached hydrogens (tertiary/aromatic N) is 4. The highest BCUT2D eigenvalue weighted by Gasteiger charge is 2.27. The summed E-state index contributed by atoms with van der Waals surface area (Å²) in [4.78, 5) is 99.1. The zero-order valence-corrected chi connectivity index (χ0v) is 40.1. The summed E-state index contributed by atoms with van der Waals surface area (Å²) in [6, 6.07) is 10.1. The van der Waals surface area contributed by atoms with Crippen molar-refractivity contribution >= 4 is 41.7 Å². The fourth-order valence-corrected chi connectivity index (χ4v) is 5.88. The van der Waals surface area contributed by atoms with Crippen LogP contribution >= 0.6 is 0 Å². The molecule has 1 heterocycles. The number of ether oxygens (including phenoxy) is 6. The Balaban J connectivity index is 2.38. The van der Waals surface area contributed by atoms with Gasteiger partial charge in [0.15, 0.2) is 0 Å². The maximum Gasteiger partial charge on any atom is 0.356 e. The molecule has 0 unspecified atom stereocenters. The molecule has 0 radical (unpaired) electrons. The van der Waals surface area contributed by atoms with Crippen LogP contribution in [0.15, 0.2) is 36.4 Å². The molecule has 0 saturated carbocycles. The summed E-state index contributed by atoms with van der Waals surface area (Å²) < 4.78 is 31.8. The summed E-state index contributed by atoms with van der Waals surface area (Å²) in [5.41, 5.74) is -1.32. The average molecular weight is 900 g/mol. The summed E-state index contributed by atoms with van der Waals surface area (Å²) >= 11 is 0. The molecule has 64 heavy (non-hydrogen) atoms. The Hall–Kier alpha value is -5.46. The molecule has 0 bridgehead atoms. The number of carbonyl (C=O) groups excluding carboxylic acids is 7. The first kappa shape index (κ1) is 54.7. The first-order chi connectivity index (χ1) is 29.4. The minimum atomic E-state index is -0.772. The second kappa shape index (κ2) is 24.0. The van der Waals surface area contributed by atoms with Gasteiger partial charge in [-0.3, -0.25) is 38.7 Å². The Bertz CT molecular complexity index is 1760. The predicted octanol–water partition coefficient (Wildman–Crippen LogP) is 4.21. The SMILES string of the molecule is COC(=O)c1cc(-c2ccc(CNC(=O)CN(CCN(CC(=O)OC(C)(C)C)CC(=O)OC(C)(C)C)CCN(CC(=O)OC(C)(C)C)CC(=O)OC(C)(C)C)cc2)cc(C(=O)OC)n1. The number of rotatable bonds is 21. The molecule has 0 aliphatic carbocycles. The molecule has 2 aromatic rings. The van der Waals surface area contributed by atoms with E-state index in [1.165, 1.54) is 26.4 Å². The van der Waals surface area contributed by atoms with E-state index in [1.54, 1.807) is 122 Å². The average Bonchev–Trinajstić information content (AvgIpc) is 3.14. The summed E-state index contributed by atoms with van der Waals surface area (Å²) in [6.07, 6.45) is 0. The highest BCUT2D eigenvalue weighted by molar-refractivity contribution is 5.94. The largest absolute Gasteiger partial charge is 0.464 e. The maximum absolute atomic E-state index is 13.6. The Morgan fingerprint density at radius 1 is 0.484 bits per heavy atom. The number of pyridine rings is 1. The molecule has 1 N–H and O–H groups in total. The quantitative estimate of drug-likeness (QED) is 0.137. The van der Waals surface area contributed by atoms with Crippen molar-refractivity contribution in [3.05, 3.63) is 53.3 Å². The number of benzene rings is 1. The molecule has 2 rings (SSSR count). The van der Waals surface area contributed by atoms with Gasteiger partial charge in [0.2, 0.25) is 5.91 Å². The molecule has 0 fully saturated rings. The molecule has 1 aromatic carbocycles. The Morgan fingerprint density at radius 3 is 1.12 bits per heavy atom. The lowest BCUT2D eigenvalue weighted by Crippen LogP contribution is -2.48. The van der Waals surface area contributed by atoms with Crippen LogP contribution < -0.4 is 5.32 Å².